The van der Waals surface area contributed by atoms with Crippen LogP contribution in [0, 0.1) is 13.8 Å². The minimum absolute atomic E-state index is 0.113. The van der Waals surface area contributed by atoms with Crippen LogP contribution in [0.2, 0.25) is 0 Å². The molecule has 0 aromatic heterocycles. The molecule has 1 aliphatic rings. The summed E-state index contributed by atoms with van der Waals surface area (Å²) < 4.78 is 34.0. The highest BCUT2D eigenvalue weighted by Gasteiger charge is 2.23. The number of nitrogens with zero attached hydrogens (tertiary/aromatic N) is 1. The van der Waals surface area contributed by atoms with Gasteiger partial charge in [0.25, 0.3) is 10.0 Å². The van der Waals surface area contributed by atoms with Crippen molar-refractivity contribution >= 4 is 27.3 Å². The number of sulfonamides is 1. The Morgan fingerprint density at radius 2 is 1.89 bits per heavy atom. The maximum Gasteiger partial charge on any atom is 0.265 e. The molecule has 1 heterocycles. The van der Waals surface area contributed by atoms with Gasteiger partial charge in [0, 0.05) is 24.3 Å². The first-order valence-electron chi connectivity index (χ1n) is 9.49. The zero-order valence-electron chi connectivity index (χ0n) is 16.5. The molecule has 28 heavy (non-hydrogen) atoms. The molecule has 0 spiro atoms. The van der Waals surface area contributed by atoms with Crippen LogP contribution in [0.15, 0.2) is 41.3 Å². The van der Waals surface area contributed by atoms with Crippen LogP contribution < -0.4 is 14.4 Å². The van der Waals surface area contributed by atoms with E-state index in [1.54, 1.807) is 35.2 Å². The molecule has 0 atom stereocenters. The Morgan fingerprint density at radius 1 is 1.11 bits per heavy atom. The molecule has 2 aromatic rings. The van der Waals surface area contributed by atoms with Gasteiger partial charge in [-0.25, -0.2) is 8.42 Å². The molecule has 6 nitrogen and oxygen atoms in total. The smallest absolute Gasteiger partial charge is 0.265 e. The second-order valence-corrected chi connectivity index (χ2v) is 8.64. The lowest BCUT2D eigenvalue weighted by molar-refractivity contribution is -0.119. The molecule has 0 bridgehead atoms. The highest BCUT2D eigenvalue weighted by molar-refractivity contribution is 7.92. The van der Waals surface area contributed by atoms with Gasteiger partial charge in [0.15, 0.2) is 0 Å². The van der Waals surface area contributed by atoms with E-state index in [4.69, 9.17) is 4.74 Å². The molecule has 0 unspecified atom stereocenters. The number of benzene rings is 2. The van der Waals surface area contributed by atoms with E-state index in [1.165, 1.54) is 0 Å². The Hall–Kier alpha value is -2.54. The second kappa shape index (κ2) is 8.22. The fourth-order valence-electron chi connectivity index (χ4n) is 3.39. The van der Waals surface area contributed by atoms with Gasteiger partial charge in [0.1, 0.15) is 10.6 Å². The fourth-order valence-corrected chi connectivity index (χ4v) is 4.67. The molecule has 1 N–H and O–H groups in total. The van der Waals surface area contributed by atoms with Crippen molar-refractivity contribution in [1.82, 2.24) is 0 Å². The van der Waals surface area contributed by atoms with Crippen LogP contribution in [0.5, 0.6) is 5.75 Å². The van der Waals surface area contributed by atoms with Crippen molar-refractivity contribution in [1.29, 1.82) is 0 Å². The fraction of sp³-hybridized carbons (Fsp3) is 0.381. The standard InChI is InChI=1S/C21H26N2O4S/c1-4-27-19-11-8-15(2)13-20(19)28(25,26)22-17-9-10-18(16(3)14-17)23-12-6-5-7-21(23)24/h8-11,13-14,22H,4-7,12H2,1-3H3. The SMILES string of the molecule is CCOc1ccc(C)cc1S(=O)(=O)Nc1ccc(N2CCCCC2=O)c(C)c1. The topological polar surface area (TPSA) is 75.7 Å². The normalized spacial score (nSPS) is 14.8. The molecular formula is C21H26N2O4S. The minimum Gasteiger partial charge on any atom is -0.492 e. The van der Waals surface area contributed by atoms with E-state index in [9.17, 15) is 13.2 Å². The van der Waals surface area contributed by atoms with Crippen molar-refractivity contribution in [3.05, 3.63) is 47.5 Å². The third-order valence-corrected chi connectivity index (χ3v) is 6.15. The van der Waals surface area contributed by atoms with Crippen LogP contribution in [-0.2, 0) is 14.8 Å². The minimum atomic E-state index is -3.81. The molecule has 1 saturated heterocycles. The number of piperidine rings is 1. The molecule has 7 heteroatoms. The summed E-state index contributed by atoms with van der Waals surface area (Å²) >= 11 is 0. The van der Waals surface area contributed by atoms with Crippen molar-refractivity contribution in [3.63, 3.8) is 0 Å². The van der Waals surface area contributed by atoms with E-state index in [2.05, 4.69) is 4.72 Å². The maximum atomic E-state index is 12.9. The Morgan fingerprint density at radius 3 is 2.57 bits per heavy atom. The molecule has 1 aliphatic heterocycles. The van der Waals surface area contributed by atoms with Crippen molar-refractivity contribution < 1.29 is 17.9 Å². The van der Waals surface area contributed by atoms with Gasteiger partial charge in [-0.3, -0.25) is 9.52 Å². The number of hydrogen-bond donors (Lipinski definition) is 1. The van der Waals surface area contributed by atoms with E-state index in [1.807, 2.05) is 26.8 Å². The number of carbonyl (C=O) groups excluding carboxylic acids is 1. The van der Waals surface area contributed by atoms with Crippen molar-refractivity contribution in [2.75, 3.05) is 22.8 Å². The van der Waals surface area contributed by atoms with Gasteiger partial charge in [0.2, 0.25) is 5.91 Å². The maximum absolute atomic E-state index is 12.9. The molecular weight excluding hydrogens is 376 g/mol. The molecule has 3 rings (SSSR count). The molecule has 1 fully saturated rings. The lowest BCUT2D eigenvalue weighted by Crippen LogP contribution is -2.35. The first kappa shape index (κ1) is 20.2. The summed E-state index contributed by atoms with van der Waals surface area (Å²) in [7, 11) is -3.81. The predicted octanol–water partition coefficient (Wildman–Crippen LogP) is 4.02. The Labute approximate surface area is 166 Å². The third kappa shape index (κ3) is 4.30. The van der Waals surface area contributed by atoms with Gasteiger partial charge < -0.3 is 9.64 Å². The number of rotatable bonds is 6. The molecule has 0 radical (unpaired) electrons. The van der Waals surface area contributed by atoms with Gasteiger partial charge >= 0.3 is 0 Å². The zero-order chi connectivity index (χ0) is 20.3. The highest BCUT2D eigenvalue weighted by Crippen LogP contribution is 2.30. The number of carbonyl (C=O) groups is 1. The van der Waals surface area contributed by atoms with Crippen molar-refractivity contribution in [3.8, 4) is 5.75 Å². The van der Waals surface area contributed by atoms with Crippen LogP contribution in [0.4, 0.5) is 11.4 Å². The summed E-state index contributed by atoms with van der Waals surface area (Å²) in [5, 5.41) is 0. The Bertz CT molecular complexity index is 986. The Balaban J connectivity index is 1.88. The number of amides is 1. The summed E-state index contributed by atoms with van der Waals surface area (Å²) in [4.78, 5) is 14.1. The predicted molar refractivity (Wildman–Crippen MR) is 111 cm³/mol. The van der Waals surface area contributed by atoms with Gasteiger partial charge in [-0.15, -0.1) is 0 Å². The first-order chi connectivity index (χ1) is 13.3. The quantitative estimate of drug-likeness (QED) is 0.792. The van der Waals surface area contributed by atoms with Crippen LogP contribution in [0.1, 0.15) is 37.3 Å². The monoisotopic (exact) mass is 402 g/mol. The van der Waals surface area contributed by atoms with E-state index >= 15 is 0 Å². The summed E-state index contributed by atoms with van der Waals surface area (Å²) in [6.45, 7) is 6.61. The second-order valence-electron chi connectivity index (χ2n) is 6.99. The van der Waals surface area contributed by atoms with Crippen LogP contribution in [-0.4, -0.2) is 27.5 Å². The van der Waals surface area contributed by atoms with Gasteiger partial charge in [-0.1, -0.05) is 6.07 Å². The molecule has 1 amide bonds. The van der Waals surface area contributed by atoms with Gasteiger partial charge in [0.05, 0.1) is 6.61 Å². The summed E-state index contributed by atoms with van der Waals surface area (Å²) in [5.74, 6) is 0.441. The summed E-state index contributed by atoms with van der Waals surface area (Å²) in [5.41, 5.74) is 2.97. The number of aryl methyl sites for hydroxylation is 2. The Kier molecular flexibility index (Phi) is 5.93. The van der Waals surface area contributed by atoms with Crippen LogP contribution in [0.3, 0.4) is 0 Å². The average molecular weight is 403 g/mol. The largest absolute Gasteiger partial charge is 0.492 e. The number of nitrogens with one attached hydrogen (secondary N) is 1. The number of hydrogen-bond acceptors (Lipinski definition) is 4. The van der Waals surface area contributed by atoms with Crippen molar-refractivity contribution in [2.45, 2.75) is 44.9 Å². The molecule has 0 aliphatic carbocycles. The molecule has 0 saturated carbocycles. The zero-order valence-corrected chi connectivity index (χ0v) is 17.3. The van der Waals surface area contributed by atoms with Crippen molar-refractivity contribution in [2.24, 2.45) is 0 Å². The third-order valence-electron chi connectivity index (χ3n) is 4.75. The van der Waals surface area contributed by atoms with Crippen LogP contribution in [0.25, 0.3) is 0 Å². The van der Waals surface area contributed by atoms with E-state index in [-0.39, 0.29) is 10.8 Å². The van der Waals surface area contributed by atoms with Gasteiger partial charge in [-0.05, 0) is 75.1 Å². The number of ether oxygens (including phenoxy) is 1. The van der Waals surface area contributed by atoms with E-state index in [0.717, 1.165) is 29.7 Å². The van der Waals surface area contributed by atoms with Gasteiger partial charge in [-0.2, -0.15) is 0 Å². The molecule has 150 valence electrons. The van der Waals surface area contributed by atoms with E-state index in [0.29, 0.717) is 31.0 Å². The lowest BCUT2D eigenvalue weighted by atomic mass is 10.1. The number of anilines is 2. The summed E-state index contributed by atoms with van der Waals surface area (Å²) in [6.07, 6.45) is 2.46. The first-order valence-corrected chi connectivity index (χ1v) is 11.0. The lowest BCUT2D eigenvalue weighted by Gasteiger charge is -2.28. The van der Waals surface area contributed by atoms with E-state index < -0.39 is 10.0 Å². The molecule has 2 aromatic carbocycles. The van der Waals surface area contributed by atoms with Crippen LogP contribution >= 0.6 is 0 Å². The average Bonchev–Trinajstić information content (AvgIpc) is 2.64. The highest BCUT2D eigenvalue weighted by atomic mass is 32.2. The summed E-state index contributed by atoms with van der Waals surface area (Å²) in [6, 6.07) is 10.3.